The van der Waals surface area contributed by atoms with E-state index in [2.05, 4.69) is 90.1 Å². The quantitative estimate of drug-likeness (QED) is 0.0807. The van der Waals surface area contributed by atoms with Gasteiger partial charge in [0.25, 0.3) is 0 Å². The zero-order valence-electron chi connectivity index (χ0n) is 36.1. The predicted molar refractivity (Wildman–Crippen MR) is 236 cm³/mol. The molecule has 0 aliphatic carbocycles. The number of hydrogen-bond donors (Lipinski definition) is 0. The number of halogens is 2. The molecule has 0 spiro atoms. The molecule has 1 aliphatic heterocycles. The molecule has 0 amide bonds. The fraction of sp³-hybridized carbons (Fsp3) is 0.478. The molecule has 0 bridgehead atoms. The first-order valence-corrected chi connectivity index (χ1v) is 21.2. The minimum atomic E-state index is -0.725. The van der Waals surface area contributed by atoms with Crippen LogP contribution in [-0.2, 0) is 6.54 Å². The van der Waals surface area contributed by atoms with Crippen molar-refractivity contribution in [3.63, 3.8) is 0 Å². The Morgan fingerprint density at radius 1 is 0.729 bits per heavy atom. The predicted octanol–water partition coefficient (Wildman–Crippen LogP) is 10.2. The highest BCUT2D eigenvalue weighted by Crippen LogP contribution is 2.25. The van der Waals surface area contributed by atoms with Crippen LogP contribution < -0.4 is 25.0 Å². The van der Waals surface area contributed by atoms with Gasteiger partial charge in [-0.05, 0) is 86.3 Å². The van der Waals surface area contributed by atoms with Gasteiger partial charge in [-0.25, -0.2) is 27.8 Å². The van der Waals surface area contributed by atoms with Crippen molar-refractivity contribution in [2.75, 3.05) is 49.2 Å². The molecule has 3 aromatic carbocycles. The van der Waals surface area contributed by atoms with Gasteiger partial charge in [0.1, 0.15) is 30.5 Å². The molecule has 0 N–H and O–H groups in total. The lowest BCUT2D eigenvalue weighted by molar-refractivity contribution is 0.162. The zero-order chi connectivity index (χ0) is 43.0. The molecule has 1 fully saturated rings. The fourth-order valence-corrected chi connectivity index (χ4v) is 6.50. The summed E-state index contributed by atoms with van der Waals surface area (Å²) >= 11 is 0. The normalized spacial score (nSPS) is 13.2. The Balaban J connectivity index is 0.00000108. The minimum absolute atomic E-state index is 0.0204. The molecule has 0 saturated carbocycles. The third kappa shape index (κ3) is 14.7. The standard InChI is InChI=1S/C38H46F2N8O3.C4H10.C2H6.C2H4/c1-3-6-31(4-2)48-38(49)47(28-43-48)34-11-9-32(10-12-34)44-19-21-45(22-20-44)33-13-15-35(16-14-33)50-24-29(7-5-18-46-27-41-26-42-46)25-51-37-17-8-30(39)23-36(37)40;1-3-4-2;2*1-2/h8-17,23,26-29,31H,3-7,18-22,24-25H2,1-2H3;3-4H2,1-2H3;1-2H3;1-2H2/t29-,31+;;;/m0.../s1. The van der Waals surface area contributed by atoms with E-state index in [0.29, 0.717) is 13.2 Å². The van der Waals surface area contributed by atoms with Crippen molar-refractivity contribution in [2.24, 2.45) is 5.92 Å². The van der Waals surface area contributed by atoms with Gasteiger partial charge in [-0.15, -0.1) is 13.2 Å². The summed E-state index contributed by atoms with van der Waals surface area (Å²) in [6.07, 6.45) is 11.8. The Kier molecular flexibility index (Phi) is 21.5. The van der Waals surface area contributed by atoms with Crippen LogP contribution in [0.25, 0.3) is 5.69 Å². The summed E-state index contributed by atoms with van der Waals surface area (Å²) in [4.78, 5) is 21.8. The molecule has 2 aromatic heterocycles. The summed E-state index contributed by atoms with van der Waals surface area (Å²) in [5.74, 6) is -0.635. The van der Waals surface area contributed by atoms with Crippen molar-refractivity contribution in [3.05, 3.63) is 121 Å². The van der Waals surface area contributed by atoms with Gasteiger partial charge in [0.05, 0.1) is 24.9 Å². The smallest absolute Gasteiger partial charge is 0.350 e. The van der Waals surface area contributed by atoms with E-state index >= 15 is 0 Å². The number of unbranched alkanes of at least 4 members (excludes halogenated alkanes) is 1. The molecule has 2 atom stereocenters. The Hall–Kier alpha value is -5.46. The summed E-state index contributed by atoms with van der Waals surface area (Å²) in [7, 11) is 0. The molecule has 59 heavy (non-hydrogen) atoms. The Labute approximate surface area is 350 Å². The van der Waals surface area contributed by atoms with Crippen molar-refractivity contribution in [2.45, 2.75) is 99.1 Å². The van der Waals surface area contributed by atoms with E-state index in [1.54, 1.807) is 26.6 Å². The average Bonchev–Trinajstić information content (AvgIpc) is 3.95. The number of hydrogen-bond acceptors (Lipinski definition) is 8. The minimum Gasteiger partial charge on any atom is -0.493 e. The number of aromatic nitrogens is 6. The molecule has 322 valence electrons. The van der Waals surface area contributed by atoms with Crippen LogP contribution in [0.15, 0.2) is 104 Å². The van der Waals surface area contributed by atoms with Crippen LogP contribution in [0.4, 0.5) is 20.2 Å². The van der Waals surface area contributed by atoms with Crippen LogP contribution in [0.3, 0.4) is 0 Å². The lowest BCUT2D eigenvalue weighted by atomic mass is 10.1. The topological polar surface area (TPSA) is 95.5 Å². The molecular formula is C46H66F2N8O3. The summed E-state index contributed by atoms with van der Waals surface area (Å²) < 4.78 is 44.5. The largest absolute Gasteiger partial charge is 0.493 e. The number of piperazine rings is 1. The van der Waals surface area contributed by atoms with Gasteiger partial charge < -0.3 is 19.3 Å². The van der Waals surface area contributed by atoms with Gasteiger partial charge in [0.2, 0.25) is 0 Å². The SMILES string of the molecule is C=C.CC.CCCC.CCC[C@@H](CC)n1ncn(-c2ccc(N3CCN(c4ccc(OC[C@H](CCCn5cncn5)COc5ccc(F)cc5F)cc4)CC3)cc2)c1=O. The Bertz CT molecular complexity index is 1910. The zero-order valence-corrected chi connectivity index (χ0v) is 36.1. The maximum atomic E-state index is 14.2. The second-order valence-corrected chi connectivity index (χ2v) is 13.9. The number of anilines is 2. The molecule has 0 unspecified atom stereocenters. The second-order valence-electron chi connectivity index (χ2n) is 13.9. The van der Waals surface area contributed by atoms with Crippen molar-refractivity contribution >= 4 is 11.4 Å². The van der Waals surface area contributed by atoms with E-state index in [4.69, 9.17) is 9.47 Å². The van der Waals surface area contributed by atoms with Crippen LogP contribution in [0, 0.1) is 17.6 Å². The van der Waals surface area contributed by atoms with Crippen molar-refractivity contribution in [1.82, 2.24) is 29.1 Å². The number of nitrogens with zero attached hydrogens (tertiary/aromatic N) is 8. The molecular weight excluding hydrogens is 751 g/mol. The van der Waals surface area contributed by atoms with Crippen LogP contribution in [0.5, 0.6) is 11.5 Å². The van der Waals surface area contributed by atoms with Gasteiger partial charge >= 0.3 is 5.69 Å². The van der Waals surface area contributed by atoms with Gasteiger partial charge in [-0.1, -0.05) is 60.8 Å². The van der Waals surface area contributed by atoms with Gasteiger partial charge in [-0.3, -0.25) is 4.68 Å². The average molecular weight is 817 g/mol. The van der Waals surface area contributed by atoms with Gasteiger partial charge in [-0.2, -0.15) is 10.2 Å². The third-order valence-electron chi connectivity index (χ3n) is 9.93. The third-order valence-corrected chi connectivity index (χ3v) is 9.93. The second kappa shape index (κ2) is 26.5. The van der Waals surface area contributed by atoms with Crippen LogP contribution >= 0.6 is 0 Å². The van der Waals surface area contributed by atoms with Crippen LogP contribution in [0.2, 0.25) is 0 Å². The Morgan fingerprint density at radius 3 is 1.86 bits per heavy atom. The first kappa shape index (κ1) is 47.9. The van der Waals surface area contributed by atoms with Gasteiger partial charge in [0, 0.05) is 56.1 Å². The van der Waals surface area contributed by atoms with Crippen molar-refractivity contribution in [3.8, 4) is 17.2 Å². The Morgan fingerprint density at radius 2 is 1.32 bits per heavy atom. The highest BCUT2D eigenvalue weighted by atomic mass is 19.1. The monoisotopic (exact) mass is 817 g/mol. The molecule has 6 rings (SSSR count). The summed E-state index contributed by atoms with van der Waals surface area (Å²) in [5.41, 5.74) is 2.97. The lowest BCUT2D eigenvalue weighted by Gasteiger charge is -2.37. The fourth-order valence-electron chi connectivity index (χ4n) is 6.50. The summed E-state index contributed by atoms with van der Waals surface area (Å²) in [5, 5.41) is 8.56. The lowest BCUT2D eigenvalue weighted by Crippen LogP contribution is -2.46. The van der Waals surface area contributed by atoms with Crippen molar-refractivity contribution < 1.29 is 18.3 Å². The molecule has 1 saturated heterocycles. The molecule has 11 nitrogen and oxygen atoms in total. The first-order valence-electron chi connectivity index (χ1n) is 21.2. The van der Waals surface area contributed by atoms with E-state index in [9.17, 15) is 13.6 Å². The highest BCUT2D eigenvalue weighted by Gasteiger charge is 2.20. The van der Waals surface area contributed by atoms with Crippen molar-refractivity contribution in [1.29, 1.82) is 0 Å². The number of aryl methyl sites for hydroxylation is 1. The van der Waals surface area contributed by atoms with E-state index in [1.807, 2.05) is 38.1 Å². The first-order chi connectivity index (χ1) is 28.8. The summed E-state index contributed by atoms with van der Waals surface area (Å²) in [6.45, 7) is 23.4. The molecule has 13 heteroatoms. The van der Waals surface area contributed by atoms with E-state index in [0.717, 1.165) is 87.2 Å². The summed E-state index contributed by atoms with van der Waals surface area (Å²) in [6, 6.07) is 19.7. The maximum Gasteiger partial charge on any atom is 0.350 e. The van der Waals surface area contributed by atoms with E-state index in [1.165, 1.54) is 31.3 Å². The number of ether oxygens (including phenoxy) is 2. The molecule has 1 aliphatic rings. The number of benzene rings is 3. The number of rotatable bonds is 18. The molecule has 3 heterocycles. The van der Waals surface area contributed by atoms with Gasteiger partial charge in [0.15, 0.2) is 11.6 Å². The molecule has 5 aromatic rings. The van der Waals surface area contributed by atoms with Crippen LogP contribution in [-0.4, -0.2) is 68.5 Å². The molecule has 0 radical (unpaired) electrons. The van der Waals surface area contributed by atoms with E-state index in [-0.39, 0.29) is 30.0 Å². The maximum absolute atomic E-state index is 14.2. The van der Waals surface area contributed by atoms with E-state index < -0.39 is 11.6 Å². The highest BCUT2D eigenvalue weighted by molar-refractivity contribution is 5.54. The van der Waals surface area contributed by atoms with Crippen LogP contribution in [0.1, 0.15) is 92.5 Å².